The molecular formula is C51H60ClN7O. The first-order chi connectivity index (χ1) is 29.3. The van der Waals surface area contributed by atoms with E-state index in [2.05, 4.69) is 94.4 Å². The lowest BCUT2D eigenvalue weighted by Crippen LogP contribution is -2.39. The van der Waals surface area contributed by atoms with E-state index in [1.165, 1.54) is 56.9 Å². The Balaban J connectivity index is 0.000000202. The van der Waals surface area contributed by atoms with Crippen molar-refractivity contribution in [2.24, 2.45) is 16.6 Å². The Morgan fingerprint density at radius 2 is 1.38 bits per heavy atom. The van der Waals surface area contributed by atoms with Crippen LogP contribution in [-0.2, 0) is 25.0 Å². The Morgan fingerprint density at radius 3 is 1.98 bits per heavy atom. The monoisotopic (exact) mass is 821 g/mol. The Labute approximate surface area is 361 Å². The number of rotatable bonds is 13. The molecule has 1 unspecified atom stereocenters. The standard InChI is InChI=1S/C29H35NO.C22H25ClN6/c1-31-28-21-19-27(20-22-28)29(30,25-13-9-6-10-14-25)26-17-15-24(16-18-26)23-11-7-4-2-3-5-8-12-23;1-2-3-8-20-27-21(23)19(13-24)29(20)14-15-9-11-16(12-10-15)17-6-4-5-7-18(17)22(25)28-26/h6,9-10,13-23H,2-5,7-8,11-12,30H2,1H3;4-7,9-12,25-26H,2-3,8,13-14,24H2,1H3. The molecule has 8 nitrogen and oxygen atoms in total. The van der Waals surface area contributed by atoms with Crippen molar-refractivity contribution in [3.8, 4) is 16.9 Å². The number of imidazole rings is 1. The molecule has 1 aliphatic rings. The Morgan fingerprint density at radius 1 is 0.800 bits per heavy atom. The van der Waals surface area contributed by atoms with Gasteiger partial charge >= 0.3 is 0 Å². The number of benzene rings is 5. The van der Waals surface area contributed by atoms with Crippen molar-refractivity contribution in [3.63, 3.8) is 0 Å². The van der Waals surface area contributed by atoms with E-state index < -0.39 is 5.54 Å². The van der Waals surface area contributed by atoms with Gasteiger partial charge in [-0.1, -0.05) is 179 Å². The number of ether oxygens (including phenoxy) is 1. The summed E-state index contributed by atoms with van der Waals surface area (Å²) in [5.74, 6) is 2.44. The van der Waals surface area contributed by atoms with Crippen LogP contribution in [0, 0.1) is 10.9 Å². The average Bonchev–Trinajstić information content (AvgIpc) is 3.68. The maximum absolute atomic E-state index is 7.90. The summed E-state index contributed by atoms with van der Waals surface area (Å²) >= 11 is 6.31. The fourth-order valence-electron chi connectivity index (χ4n) is 8.43. The molecule has 312 valence electrons. The number of hydrogen-bond acceptors (Lipinski definition) is 6. The zero-order valence-corrected chi connectivity index (χ0v) is 35.9. The molecule has 6 N–H and O–H groups in total. The van der Waals surface area contributed by atoms with Crippen LogP contribution in [0.1, 0.15) is 122 Å². The number of nitrogens with two attached hydrogens (primary N) is 2. The van der Waals surface area contributed by atoms with Crippen LogP contribution in [0.15, 0.2) is 133 Å². The fourth-order valence-corrected chi connectivity index (χ4v) is 8.70. The Bertz CT molecular complexity index is 2260. The molecule has 9 heteroatoms. The number of aromatic nitrogens is 2. The van der Waals surface area contributed by atoms with Gasteiger partial charge in [0.05, 0.1) is 18.3 Å². The van der Waals surface area contributed by atoms with Crippen LogP contribution in [0.4, 0.5) is 0 Å². The first-order valence-corrected chi connectivity index (χ1v) is 21.9. The number of unbranched alkanes of at least 4 members (excludes halogenated alkanes) is 1. The van der Waals surface area contributed by atoms with Gasteiger partial charge < -0.3 is 20.8 Å². The topological polar surface area (TPSA) is 139 Å². The third-order valence-electron chi connectivity index (χ3n) is 11.9. The minimum Gasteiger partial charge on any atom is -0.497 e. The van der Waals surface area contributed by atoms with Crippen molar-refractivity contribution in [2.75, 3.05) is 7.11 Å². The predicted molar refractivity (Wildman–Crippen MR) is 246 cm³/mol. The van der Waals surface area contributed by atoms with Crippen LogP contribution in [-0.4, -0.2) is 22.5 Å². The molecule has 1 fully saturated rings. The van der Waals surface area contributed by atoms with Gasteiger partial charge in [-0.25, -0.2) is 10.5 Å². The van der Waals surface area contributed by atoms with E-state index in [1.54, 1.807) is 7.11 Å². The van der Waals surface area contributed by atoms with Gasteiger partial charge in [-0.3, -0.25) is 5.41 Å². The van der Waals surface area contributed by atoms with Crippen LogP contribution in [0.3, 0.4) is 0 Å². The van der Waals surface area contributed by atoms with Gasteiger partial charge in [0, 0.05) is 25.1 Å². The van der Waals surface area contributed by atoms with E-state index in [9.17, 15) is 0 Å². The van der Waals surface area contributed by atoms with Gasteiger partial charge in [0.15, 0.2) is 11.0 Å². The summed E-state index contributed by atoms with van der Waals surface area (Å²) in [6.45, 7) is 3.16. The predicted octanol–water partition coefficient (Wildman–Crippen LogP) is 12.6. The molecule has 0 bridgehead atoms. The number of aryl methyl sites for hydroxylation is 1. The second-order valence-corrected chi connectivity index (χ2v) is 16.1. The second-order valence-electron chi connectivity index (χ2n) is 15.8. The highest BCUT2D eigenvalue weighted by Crippen LogP contribution is 2.37. The highest BCUT2D eigenvalue weighted by molar-refractivity contribution is 6.30. The summed E-state index contributed by atoms with van der Waals surface area (Å²) in [4.78, 5) is 4.52. The lowest BCUT2D eigenvalue weighted by Gasteiger charge is -2.32. The summed E-state index contributed by atoms with van der Waals surface area (Å²) in [7, 11) is 1.69. The lowest BCUT2D eigenvalue weighted by atomic mass is 9.77. The number of halogens is 1. The number of amidine groups is 1. The van der Waals surface area contributed by atoms with Crippen molar-refractivity contribution >= 4 is 17.4 Å². The molecule has 1 atom stereocenters. The molecule has 0 aliphatic heterocycles. The van der Waals surface area contributed by atoms with Crippen LogP contribution in [0.2, 0.25) is 5.15 Å². The van der Waals surface area contributed by atoms with Crippen LogP contribution in [0.5, 0.6) is 5.75 Å². The quantitative estimate of drug-likeness (QED) is 0.0398. The van der Waals surface area contributed by atoms with Gasteiger partial charge in [-0.2, -0.15) is 0 Å². The molecule has 5 aromatic carbocycles. The zero-order valence-electron chi connectivity index (χ0n) is 35.2. The summed E-state index contributed by atoms with van der Waals surface area (Å²) in [5.41, 5.74) is 28.8. The summed E-state index contributed by atoms with van der Waals surface area (Å²) in [6, 6.07) is 43.4. The molecular weight excluding hydrogens is 762 g/mol. The van der Waals surface area contributed by atoms with Crippen LogP contribution < -0.4 is 16.2 Å². The molecule has 0 spiro atoms. The molecule has 1 aromatic heterocycles. The molecule has 1 heterocycles. The molecule has 0 amide bonds. The molecule has 0 saturated heterocycles. The van der Waals surface area contributed by atoms with Crippen molar-refractivity contribution in [1.29, 1.82) is 10.9 Å². The van der Waals surface area contributed by atoms with Crippen molar-refractivity contribution < 1.29 is 4.74 Å². The third kappa shape index (κ3) is 10.7. The normalized spacial score (nSPS) is 14.4. The van der Waals surface area contributed by atoms with Gasteiger partial charge in [-0.05, 0) is 76.3 Å². The highest BCUT2D eigenvalue weighted by atomic mass is 35.5. The van der Waals surface area contributed by atoms with Crippen molar-refractivity contribution in [1.82, 2.24) is 9.55 Å². The Hall–Kier alpha value is -5.41. The minimum absolute atomic E-state index is 0.0501. The van der Waals surface area contributed by atoms with Crippen molar-refractivity contribution in [3.05, 3.63) is 177 Å². The van der Waals surface area contributed by atoms with E-state index in [-0.39, 0.29) is 5.84 Å². The fraction of sp³-hybridized carbons (Fsp3) is 0.333. The van der Waals surface area contributed by atoms with Gasteiger partial charge in [-0.15, -0.1) is 5.11 Å². The summed E-state index contributed by atoms with van der Waals surface area (Å²) in [6.07, 6.45) is 13.9. The van der Waals surface area contributed by atoms with Crippen molar-refractivity contribution in [2.45, 2.75) is 102 Å². The molecule has 7 rings (SSSR count). The Kier molecular flexibility index (Phi) is 16.0. The molecule has 1 aliphatic carbocycles. The van der Waals surface area contributed by atoms with Gasteiger partial charge in [0.25, 0.3) is 0 Å². The maximum Gasteiger partial charge on any atom is 0.174 e. The van der Waals surface area contributed by atoms with E-state index >= 15 is 0 Å². The van der Waals surface area contributed by atoms with E-state index in [4.69, 9.17) is 38.7 Å². The molecule has 0 radical (unpaired) electrons. The van der Waals surface area contributed by atoms with Crippen LogP contribution >= 0.6 is 11.6 Å². The third-order valence-corrected chi connectivity index (χ3v) is 12.2. The zero-order chi connectivity index (χ0) is 42.3. The van der Waals surface area contributed by atoms with Crippen LogP contribution in [0.25, 0.3) is 11.1 Å². The second kappa shape index (κ2) is 21.7. The largest absolute Gasteiger partial charge is 0.497 e. The minimum atomic E-state index is -0.704. The molecule has 6 aromatic rings. The average molecular weight is 823 g/mol. The first-order valence-electron chi connectivity index (χ1n) is 21.5. The summed E-state index contributed by atoms with van der Waals surface area (Å²) < 4.78 is 7.48. The molecule has 60 heavy (non-hydrogen) atoms. The van der Waals surface area contributed by atoms with E-state index in [0.29, 0.717) is 29.7 Å². The number of nitrogens with zero attached hydrogens (tertiary/aromatic N) is 3. The number of nitrogens with one attached hydrogen (secondary N) is 2. The van der Waals surface area contributed by atoms with E-state index in [0.717, 1.165) is 69.9 Å². The van der Waals surface area contributed by atoms with E-state index in [1.807, 2.05) is 54.6 Å². The van der Waals surface area contributed by atoms with Gasteiger partial charge in [0.2, 0.25) is 0 Å². The first kappa shape index (κ1) is 44.2. The number of hydrogen-bond donors (Lipinski definition) is 4. The van der Waals surface area contributed by atoms with Gasteiger partial charge in [0.1, 0.15) is 11.6 Å². The lowest BCUT2D eigenvalue weighted by molar-refractivity contribution is 0.414. The summed E-state index contributed by atoms with van der Waals surface area (Å²) in [5, 5.41) is 11.7. The molecule has 1 saturated carbocycles. The smallest absolute Gasteiger partial charge is 0.174 e. The highest BCUT2D eigenvalue weighted by Gasteiger charge is 2.32. The number of methoxy groups -OCH3 is 1. The SMILES string of the molecule is CCCCc1nc(Cl)c(CN)n1Cc1ccc(-c2ccccc2C(=N)N=N)cc1.COc1ccc(C(N)(c2ccccc2)c2ccc(C3CCCCCCCC3)cc2)cc1. The maximum atomic E-state index is 7.90.